The second-order valence-electron chi connectivity index (χ2n) is 8.85. The minimum absolute atomic E-state index is 0.204. The van der Waals surface area contributed by atoms with Crippen molar-refractivity contribution in [2.45, 2.75) is 20.1 Å². The summed E-state index contributed by atoms with van der Waals surface area (Å²) >= 11 is 1.44. The number of nitrogens with one attached hydrogen (secondary N) is 1. The number of carbonyl (C=O) groups is 1. The maximum atomic E-state index is 13.0. The number of fused-ring (bicyclic) bond motifs is 1. The number of methoxy groups -OCH3 is 1. The molecule has 196 valence electrons. The summed E-state index contributed by atoms with van der Waals surface area (Å²) in [5.41, 5.74) is 6.16. The van der Waals surface area contributed by atoms with E-state index in [2.05, 4.69) is 15.5 Å². The van der Waals surface area contributed by atoms with Gasteiger partial charge in [0.25, 0.3) is 11.5 Å². The molecule has 0 saturated heterocycles. The Morgan fingerprint density at radius 3 is 2.62 bits per heavy atom. The van der Waals surface area contributed by atoms with Crippen LogP contribution < -0.4 is 20.5 Å². The summed E-state index contributed by atoms with van der Waals surface area (Å²) in [6.45, 7) is 2.25. The van der Waals surface area contributed by atoms with Gasteiger partial charge in [-0.15, -0.1) is 11.3 Å². The Kier molecular flexibility index (Phi) is 7.79. The van der Waals surface area contributed by atoms with Crippen molar-refractivity contribution in [1.82, 2.24) is 15.0 Å². The highest BCUT2D eigenvalue weighted by Crippen LogP contribution is 2.30. The van der Waals surface area contributed by atoms with Crippen LogP contribution in [0.3, 0.4) is 0 Å². The molecule has 0 aliphatic rings. The van der Waals surface area contributed by atoms with Gasteiger partial charge in [-0.3, -0.25) is 14.2 Å². The lowest BCUT2D eigenvalue weighted by Crippen LogP contribution is -2.29. The lowest BCUT2D eigenvalue weighted by Gasteiger charge is -2.11. The van der Waals surface area contributed by atoms with E-state index in [0.717, 1.165) is 16.0 Å². The van der Waals surface area contributed by atoms with E-state index >= 15 is 0 Å². The molecule has 0 unspecified atom stereocenters. The topological polar surface area (TPSA) is 94.8 Å². The van der Waals surface area contributed by atoms with Gasteiger partial charge < -0.3 is 9.47 Å². The number of benzene rings is 3. The molecule has 3 aromatic carbocycles. The van der Waals surface area contributed by atoms with Gasteiger partial charge in [0, 0.05) is 4.88 Å². The third-order valence-electron chi connectivity index (χ3n) is 6.00. The average Bonchev–Trinajstić information content (AvgIpc) is 3.40. The average molecular weight is 539 g/mol. The van der Waals surface area contributed by atoms with E-state index in [0.29, 0.717) is 33.9 Å². The normalized spacial score (nSPS) is 11.1. The van der Waals surface area contributed by atoms with Gasteiger partial charge in [-0.25, -0.2) is 10.4 Å². The van der Waals surface area contributed by atoms with Gasteiger partial charge in [-0.05, 0) is 47.9 Å². The van der Waals surface area contributed by atoms with Crippen molar-refractivity contribution in [3.63, 3.8) is 0 Å². The third-order valence-corrected chi connectivity index (χ3v) is 7.09. The van der Waals surface area contributed by atoms with Gasteiger partial charge in [0.05, 0.1) is 25.0 Å². The maximum absolute atomic E-state index is 13.0. The zero-order valence-corrected chi connectivity index (χ0v) is 22.3. The summed E-state index contributed by atoms with van der Waals surface area (Å²) in [6, 6.07) is 25.1. The van der Waals surface area contributed by atoms with Crippen molar-refractivity contribution < 1.29 is 14.3 Å². The van der Waals surface area contributed by atoms with Crippen LogP contribution in [0.5, 0.6) is 11.5 Å². The SMILES string of the molecule is COc1cc(/C=N/NC(=O)Cn2cnc3sc(-c4ccccc4)cc3c2=O)ccc1OCc1ccc(C)cc1. The Morgan fingerprint density at radius 2 is 1.85 bits per heavy atom. The van der Waals surface area contributed by atoms with Crippen molar-refractivity contribution in [1.29, 1.82) is 0 Å². The standard InChI is InChI=1S/C30H26N4O4S/c1-20-8-10-21(11-9-20)18-38-25-13-12-22(14-26(25)37-2)16-32-33-28(35)17-34-19-31-29-24(30(34)36)15-27(39-29)23-6-4-3-5-7-23/h3-16,19H,17-18H2,1-2H3,(H,33,35)/b32-16+. The number of hydrogen-bond acceptors (Lipinski definition) is 7. The molecule has 1 N–H and O–H groups in total. The number of hydrogen-bond donors (Lipinski definition) is 1. The van der Waals surface area contributed by atoms with Gasteiger partial charge in [0.2, 0.25) is 0 Å². The number of hydrazone groups is 1. The lowest BCUT2D eigenvalue weighted by atomic mass is 10.2. The Bertz CT molecular complexity index is 1690. The Hall–Kier alpha value is -4.76. The highest BCUT2D eigenvalue weighted by atomic mass is 32.1. The minimum atomic E-state index is -0.446. The number of thiophene rings is 1. The Morgan fingerprint density at radius 1 is 1.05 bits per heavy atom. The molecule has 0 atom stereocenters. The number of nitrogens with zero attached hydrogens (tertiary/aromatic N) is 3. The highest BCUT2D eigenvalue weighted by Gasteiger charge is 2.12. The van der Waals surface area contributed by atoms with Crippen LogP contribution in [0.1, 0.15) is 16.7 Å². The molecule has 0 bridgehead atoms. The number of rotatable bonds is 9. The fraction of sp³-hybridized carbons (Fsp3) is 0.133. The third kappa shape index (κ3) is 6.22. The zero-order chi connectivity index (χ0) is 27.2. The van der Waals surface area contributed by atoms with Crippen LogP contribution in [0.15, 0.2) is 95.1 Å². The van der Waals surface area contributed by atoms with Crippen LogP contribution in [0.2, 0.25) is 0 Å². The summed E-state index contributed by atoms with van der Waals surface area (Å²) in [5.74, 6) is 0.706. The van der Waals surface area contributed by atoms with Crippen molar-refractivity contribution in [2.24, 2.45) is 5.10 Å². The first-order chi connectivity index (χ1) is 19.0. The molecule has 5 rings (SSSR count). The molecule has 2 aromatic heterocycles. The van der Waals surface area contributed by atoms with E-state index in [1.807, 2.05) is 73.7 Å². The van der Waals surface area contributed by atoms with Crippen molar-refractivity contribution in [3.8, 4) is 21.9 Å². The van der Waals surface area contributed by atoms with Crippen LogP contribution in [0, 0.1) is 6.92 Å². The Labute approximate surface area is 229 Å². The molecule has 0 spiro atoms. The van der Waals surface area contributed by atoms with Crippen LogP contribution in [0.25, 0.3) is 20.7 Å². The number of ether oxygens (including phenoxy) is 2. The van der Waals surface area contributed by atoms with Crippen LogP contribution in [0.4, 0.5) is 0 Å². The fourth-order valence-electron chi connectivity index (χ4n) is 3.92. The summed E-state index contributed by atoms with van der Waals surface area (Å²) in [6.07, 6.45) is 2.89. The second kappa shape index (κ2) is 11.7. The van der Waals surface area contributed by atoms with E-state index in [1.165, 1.54) is 34.0 Å². The number of carbonyl (C=O) groups excluding carboxylic acids is 1. The summed E-state index contributed by atoms with van der Waals surface area (Å²) in [7, 11) is 1.57. The van der Waals surface area contributed by atoms with E-state index in [1.54, 1.807) is 19.2 Å². The van der Waals surface area contributed by atoms with Gasteiger partial charge >= 0.3 is 0 Å². The van der Waals surface area contributed by atoms with Crippen LogP contribution in [-0.4, -0.2) is 28.8 Å². The lowest BCUT2D eigenvalue weighted by molar-refractivity contribution is -0.121. The molecule has 5 aromatic rings. The number of aromatic nitrogens is 2. The first-order valence-corrected chi connectivity index (χ1v) is 13.0. The largest absolute Gasteiger partial charge is 0.493 e. The summed E-state index contributed by atoms with van der Waals surface area (Å²) < 4.78 is 12.6. The van der Waals surface area contributed by atoms with E-state index < -0.39 is 5.91 Å². The van der Waals surface area contributed by atoms with Gasteiger partial charge in [0.1, 0.15) is 18.0 Å². The Balaban J connectivity index is 1.21. The number of aryl methyl sites for hydroxylation is 1. The van der Waals surface area contributed by atoms with E-state index in [-0.39, 0.29) is 12.1 Å². The van der Waals surface area contributed by atoms with E-state index in [9.17, 15) is 9.59 Å². The molecule has 8 nitrogen and oxygen atoms in total. The molecular weight excluding hydrogens is 512 g/mol. The first-order valence-electron chi connectivity index (χ1n) is 12.2. The molecule has 0 saturated carbocycles. The molecule has 9 heteroatoms. The monoisotopic (exact) mass is 538 g/mol. The zero-order valence-electron chi connectivity index (χ0n) is 21.5. The predicted molar refractivity (Wildman–Crippen MR) is 154 cm³/mol. The smallest absolute Gasteiger partial charge is 0.262 e. The van der Waals surface area contributed by atoms with Crippen LogP contribution in [-0.2, 0) is 17.9 Å². The molecular formula is C30H26N4O4S. The summed E-state index contributed by atoms with van der Waals surface area (Å²) in [5, 5.41) is 4.51. The quantitative estimate of drug-likeness (QED) is 0.206. The van der Waals surface area contributed by atoms with Gasteiger partial charge in [-0.1, -0.05) is 60.2 Å². The molecule has 2 heterocycles. The molecule has 39 heavy (non-hydrogen) atoms. The van der Waals surface area contributed by atoms with Crippen molar-refractivity contribution >= 4 is 33.7 Å². The van der Waals surface area contributed by atoms with Crippen LogP contribution >= 0.6 is 11.3 Å². The number of amides is 1. The first kappa shape index (κ1) is 25.9. The maximum Gasteiger partial charge on any atom is 0.262 e. The predicted octanol–water partition coefficient (Wildman–Crippen LogP) is 5.17. The van der Waals surface area contributed by atoms with Crippen molar-refractivity contribution in [2.75, 3.05) is 7.11 Å². The van der Waals surface area contributed by atoms with E-state index in [4.69, 9.17) is 9.47 Å². The highest BCUT2D eigenvalue weighted by molar-refractivity contribution is 7.21. The summed E-state index contributed by atoms with van der Waals surface area (Å²) in [4.78, 5) is 31.4. The second-order valence-corrected chi connectivity index (χ2v) is 9.88. The van der Waals surface area contributed by atoms with Gasteiger partial charge in [-0.2, -0.15) is 5.10 Å². The fourth-order valence-corrected chi connectivity index (χ4v) is 4.91. The molecule has 1 amide bonds. The molecule has 0 aliphatic heterocycles. The minimum Gasteiger partial charge on any atom is -0.493 e. The molecule has 0 fully saturated rings. The molecule has 0 radical (unpaired) electrons. The molecule has 0 aliphatic carbocycles. The van der Waals surface area contributed by atoms with Gasteiger partial charge in [0.15, 0.2) is 11.5 Å². The van der Waals surface area contributed by atoms with Crippen molar-refractivity contribution in [3.05, 3.63) is 112 Å².